The molecule has 1 aromatic carbocycles. The van der Waals surface area contributed by atoms with Crippen molar-refractivity contribution < 1.29 is 13.2 Å². The fourth-order valence-electron chi connectivity index (χ4n) is 3.07. The average molecular weight is 318 g/mol. The largest absolute Gasteiger partial charge is 0.381 e. The molecule has 4 nitrogen and oxygen atoms in total. The van der Waals surface area contributed by atoms with Gasteiger partial charge in [-0.1, -0.05) is 23.7 Å². The van der Waals surface area contributed by atoms with Gasteiger partial charge in [0.15, 0.2) is 9.84 Å². The summed E-state index contributed by atoms with van der Waals surface area (Å²) in [5.74, 6) is -0.119. The third-order valence-corrected chi connectivity index (χ3v) is 5.94. The van der Waals surface area contributed by atoms with E-state index >= 15 is 0 Å². The molecule has 0 amide bonds. The second-order valence-corrected chi connectivity index (χ2v) is 7.96. The van der Waals surface area contributed by atoms with Gasteiger partial charge in [0.2, 0.25) is 0 Å². The van der Waals surface area contributed by atoms with Gasteiger partial charge in [-0.25, -0.2) is 8.42 Å². The molecule has 0 radical (unpaired) electrons. The summed E-state index contributed by atoms with van der Waals surface area (Å²) >= 11 is 5.88. The summed E-state index contributed by atoms with van der Waals surface area (Å²) < 4.78 is 29.6. The first-order valence-electron chi connectivity index (χ1n) is 6.59. The smallest absolute Gasteiger partial charge is 0.151 e. The van der Waals surface area contributed by atoms with Crippen LogP contribution in [0.5, 0.6) is 0 Å². The Hall–Kier alpha value is -0.620. The molecule has 2 N–H and O–H groups in total. The molecule has 1 fully saturated rings. The van der Waals surface area contributed by atoms with Crippen molar-refractivity contribution in [2.45, 2.75) is 18.1 Å². The molecule has 0 heterocycles. The van der Waals surface area contributed by atoms with Crippen molar-refractivity contribution in [2.24, 2.45) is 11.1 Å². The van der Waals surface area contributed by atoms with E-state index in [1.165, 1.54) is 6.26 Å². The van der Waals surface area contributed by atoms with Crippen LogP contribution in [0.2, 0.25) is 5.02 Å². The summed E-state index contributed by atoms with van der Waals surface area (Å²) in [5.41, 5.74) is 6.32. The van der Waals surface area contributed by atoms with Gasteiger partial charge in [-0.3, -0.25) is 0 Å². The Morgan fingerprint density at radius 1 is 1.35 bits per heavy atom. The first-order chi connectivity index (χ1) is 9.36. The topological polar surface area (TPSA) is 69.4 Å². The van der Waals surface area contributed by atoms with Crippen LogP contribution in [-0.4, -0.2) is 39.7 Å². The lowest BCUT2D eigenvalue weighted by Gasteiger charge is -2.15. The Morgan fingerprint density at radius 2 is 1.95 bits per heavy atom. The van der Waals surface area contributed by atoms with Gasteiger partial charge in [0.25, 0.3) is 0 Å². The summed E-state index contributed by atoms with van der Waals surface area (Å²) in [5, 5.41) is 0.154. The molecular formula is C14H20ClNO3S. The number of benzene rings is 1. The van der Waals surface area contributed by atoms with Gasteiger partial charge in [-0.15, -0.1) is 0 Å². The van der Waals surface area contributed by atoms with E-state index < -0.39 is 20.5 Å². The fraction of sp³-hybridized carbons (Fsp3) is 0.571. The van der Waals surface area contributed by atoms with Crippen molar-refractivity contribution in [3.05, 3.63) is 34.9 Å². The van der Waals surface area contributed by atoms with E-state index in [0.29, 0.717) is 18.2 Å². The minimum atomic E-state index is -3.18. The number of hydrogen-bond donors (Lipinski definition) is 1. The zero-order chi connectivity index (χ0) is 15.0. The summed E-state index contributed by atoms with van der Waals surface area (Å²) in [6, 6.07) is 7.29. The van der Waals surface area contributed by atoms with E-state index in [-0.39, 0.29) is 12.5 Å². The van der Waals surface area contributed by atoms with E-state index in [1.807, 2.05) is 19.1 Å². The predicted molar refractivity (Wildman–Crippen MR) is 80.8 cm³/mol. The fourth-order valence-corrected chi connectivity index (χ4v) is 5.20. The number of hydrogen-bond acceptors (Lipinski definition) is 4. The Morgan fingerprint density at radius 3 is 2.40 bits per heavy atom. The summed E-state index contributed by atoms with van der Waals surface area (Å²) in [4.78, 5) is 0. The zero-order valence-corrected chi connectivity index (χ0v) is 13.2. The van der Waals surface area contributed by atoms with Crippen molar-refractivity contribution in [3.63, 3.8) is 0 Å². The first kappa shape index (κ1) is 15.8. The SMILES string of the molecule is CCOC[C@]1(CN)[C@H](c2ccc(Cl)cc2)[C@H]1S(C)(=O)=O. The average Bonchev–Trinajstić information content (AvgIpc) is 3.07. The van der Waals surface area contributed by atoms with Gasteiger partial charge >= 0.3 is 0 Å². The predicted octanol–water partition coefficient (Wildman–Crippen LogP) is 1.83. The molecule has 0 aliphatic heterocycles. The van der Waals surface area contributed by atoms with Gasteiger partial charge in [-0.2, -0.15) is 0 Å². The van der Waals surface area contributed by atoms with Crippen LogP contribution >= 0.6 is 11.6 Å². The molecule has 1 aliphatic rings. The van der Waals surface area contributed by atoms with Crippen LogP contribution in [0, 0.1) is 5.41 Å². The molecule has 1 saturated carbocycles. The highest BCUT2D eigenvalue weighted by Gasteiger charge is 2.69. The lowest BCUT2D eigenvalue weighted by atomic mass is 10.00. The molecule has 3 atom stereocenters. The van der Waals surface area contributed by atoms with Crippen LogP contribution in [0.3, 0.4) is 0 Å². The zero-order valence-electron chi connectivity index (χ0n) is 11.7. The summed E-state index contributed by atoms with van der Waals surface area (Å²) in [6.07, 6.45) is 1.27. The van der Waals surface area contributed by atoms with Crippen LogP contribution < -0.4 is 5.73 Å². The molecule has 0 bridgehead atoms. The van der Waals surface area contributed by atoms with E-state index in [2.05, 4.69) is 0 Å². The number of ether oxygens (including phenoxy) is 1. The normalized spacial score (nSPS) is 29.4. The van der Waals surface area contributed by atoms with Crippen molar-refractivity contribution >= 4 is 21.4 Å². The Labute approximate surface area is 125 Å². The number of rotatable bonds is 6. The lowest BCUT2D eigenvalue weighted by molar-refractivity contribution is 0.101. The minimum absolute atomic E-state index is 0.119. The molecule has 2 rings (SSSR count). The Bertz CT molecular complexity index is 573. The standard InChI is InChI=1S/C14H20ClNO3S/c1-3-19-9-14(8-16)12(13(14)20(2,17)18)10-4-6-11(15)7-5-10/h4-7,12-13H,3,8-9,16H2,1-2H3/t12-,13-,14-/m1/s1. The van der Waals surface area contributed by atoms with Crippen molar-refractivity contribution in [2.75, 3.05) is 26.0 Å². The molecular weight excluding hydrogens is 298 g/mol. The number of nitrogens with two attached hydrogens (primary N) is 1. The molecule has 1 aliphatic carbocycles. The van der Waals surface area contributed by atoms with E-state index in [4.69, 9.17) is 22.1 Å². The maximum Gasteiger partial charge on any atom is 0.151 e. The van der Waals surface area contributed by atoms with Gasteiger partial charge in [0.05, 0.1) is 11.9 Å². The molecule has 0 spiro atoms. The minimum Gasteiger partial charge on any atom is -0.381 e. The number of sulfone groups is 1. The maximum absolute atomic E-state index is 12.0. The van der Waals surface area contributed by atoms with Crippen LogP contribution in [-0.2, 0) is 14.6 Å². The molecule has 0 saturated heterocycles. The molecule has 112 valence electrons. The van der Waals surface area contributed by atoms with Crippen LogP contribution in [0.4, 0.5) is 0 Å². The molecule has 0 unspecified atom stereocenters. The van der Waals surface area contributed by atoms with Crippen molar-refractivity contribution in [3.8, 4) is 0 Å². The maximum atomic E-state index is 12.0. The quantitative estimate of drug-likeness (QED) is 0.869. The number of halogens is 1. The molecule has 6 heteroatoms. The van der Waals surface area contributed by atoms with Crippen molar-refractivity contribution in [1.29, 1.82) is 0 Å². The van der Waals surface area contributed by atoms with Crippen LogP contribution in [0.25, 0.3) is 0 Å². The lowest BCUT2D eigenvalue weighted by Crippen LogP contribution is -2.28. The van der Waals surface area contributed by atoms with E-state index in [0.717, 1.165) is 5.56 Å². The van der Waals surface area contributed by atoms with Gasteiger partial charge in [0, 0.05) is 35.8 Å². The first-order valence-corrected chi connectivity index (χ1v) is 8.92. The molecule has 0 aromatic heterocycles. The second-order valence-electron chi connectivity index (χ2n) is 5.35. The molecule has 20 heavy (non-hydrogen) atoms. The highest BCUT2D eigenvalue weighted by atomic mass is 35.5. The van der Waals surface area contributed by atoms with Crippen LogP contribution in [0.15, 0.2) is 24.3 Å². The van der Waals surface area contributed by atoms with Crippen molar-refractivity contribution in [1.82, 2.24) is 0 Å². The monoisotopic (exact) mass is 317 g/mol. The second kappa shape index (κ2) is 5.64. The van der Waals surface area contributed by atoms with E-state index in [9.17, 15) is 8.42 Å². The Balaban J connectivity index is 2.36. The third kappa shape index (κ3) is 2.72. The summed E-state index contributed by atoms with van der Waals surface area (Å²) in [7, 11) is -3.18. The van der Waals surface area contributed by atoms with Gasteiger partial charge < -0.3 is 10.5 Å². The van der Waals surface area contributed by atoms with Gasteiger partial charge in [0.1, 0.15) is 0 Å². The summed E-state index contributed by atoms with van der Waals surface area (Å²) in [6.45, 7) is 3.09. The highest BCUT2D eigenvalue weighted by molar-refractivity contribution is 7.91. The van der Waals surface area contributed by atoms with Crippen LogP contribution in [0.1, 0.15) is 18.4 Å². The van der Waals surface area contributed by atoms with E-state index in [1.54, 1.807) is 12.1 Å². The highest BCUT2D eigenvalue weighted by Crippen LogP contribution is 2.62. The third-order valence-electron chi connectivity index (χ3n) is 4.02. The Kier molecular flexibility index (Phi) is 4.44. The molecule has 1 aromatic rings. The van der Waals surface area contributed by atoms with Gasteiger partial charge in [-0.05, 0) is 24.6 Å².